The molecule has 1 aromatic heterocycles. The van der Waals surface area contributed by atoms with Crippen LogP contribution in [0, 0.1) is 6.92 Å². The Morgan fingerprint density at radius 3 is 2.72 bits per heavy atom. The van der Waals surface area contributed by atoms with Crippen LogP contribution in [0.2, 0.25) is 0 Å². The molecule has 2 amide bonds. The zero-order chi connectivity index (χ0) is 18.0. The third kappa shape index (κ3) is 3.55. The van der Waals surface area contributed by atoms with Gasteiger partial charge in [0.2, 0.25) is 11.8 Å². The Bertz CT molecular complexity index is 868. The predicted molar refractivity (Wildman–Crippen MR) is 93.9 cm³/mol. The highest BCUT2D eigenvalue weighted by molar-refractivity contribution is 5.84. The molecule has 1 heterocycles. The SMILES string of the molecule is Cc1cccc2c(=O)n(CC(=O)N(CC(N)=O)C3CCCC3)cnc12. The smallest absolute Gasteiger partial charge is 0.261 e. The van der Waals surface area contributed by atoms with E-state index in [1.165, 1.54) is 15.8 Å². The summed E-state index contributed by atoms with van der Waals surface area (Å²) in [7, 11) is 0. The van der Waals surface area contributed by atoms with Crippen molar-refractivity contribution >= 4 is 22.7 Å². The van der Waals surface area contributed by atoms with Crippen LogP contribution in [0.5, 0.6) is 0 Å². The number of nitrogens with zero attached hydrogens (tertiary/aromatic N) is 3. The molecule has 7 heteroatoms. The van der Waals surface area contributed by atoms with Gasteiger partial charge >= 0.3 is 0 Å². The van der Waals surface area contributed by atoms with E-state index < -0.39 is 5.91 Å². The molecule has 0 radical (unpaired) electrons. The molecular formula is C18H22N4O3. The lowest BCUT2D eigenvalue weighted by atomic mass is 10.1. The van der Waals surface area contributed by atoms with E-state index in [1.807, 2.05) is 13.0 Å². The van der Waals surface area contributed by atoms with Crippen molar-refractivity contribution in [2.75, 3.05) is 6.54 Å². The monoisotopic (exact) mass is 342 g/mol. The van der Waals surface area contributed by atoms with Crippen molar-refractivity contribution in [3.05, 3.63) is 40.4 Å². The number of fused-ring (bicyclic) bond motifs is 1. The zero-order valence-electron chi connectivity index (χ0n) is 14.3. The molecule has 1 fully saturated rings. The predicted octanol–water partition coefficient (Wildman–Crippen LogP) is 0.961. The molecule has 0 saturated heterocycles. The Balaban J connectivity index is 1.88. The second-order valence-corrected chi connectivity index (χ2v) is 6.57. The van der Waals surface area contributed by atoms with Gasteiger partial charge in [-0.25, -0.2) is 4.98 Å². The van der Waals surface area contributed by atoms with Gasteiger partial charge in [0, 0.05) is 6.04 Å². The third-order valence-electron chi connectivity index (χ3n) is 4.77. The van der Waals surface area contributed by atoms with Gasteiger partial charge in [0.15, 0.2) is 0 Å². The van der Waals surface area contributed by atoms with Crippen LogP contribution in [0.4, 0.5) is 0 Å². The molecule has 7 nitrogen and oxygen atoms in total. The van der Waals surface area contributed by atoms with Crippen LogP contribution in [-0.4, -0.2) is 38.9 Å². The number of benzene rings is 1. The van der Waals surface area contributed by atoms with E-state index in [4.69, 9.17) is 5.73 Å². The third-order valence-corrected chi connectivity index (χ3v) is 4.77. The van der Waals surface area contributed by atoms with E-state index >= 15 is 0 Å². The van der Waals surface area contributed by atoms with Crippen LogP contribution in [0.1, 0.15) is 31.2 Å². The topological polar surface area (TPSA) is 98.3 Å². The number of aromatic nitrogens is 2. The lowest BCUT2D eigenvalue weighted by Crippen LogP contribution is -2.46. The number of nitrogens with two attached hydrogens (primary N) is 1. The summed E-state index contributed by atoms with van der Waals surface area (Å²) in [5.74, 6) is -0.818. The average molecular weight is 342 g/mol. The molecule has 1 aliphatic rings. The summed E-state index contributed by atoms with van der Waals surface area (Å²) in [5, 5.41) is 0.484. The number of amides is 2. The van der Waals surface area contributed by atoms with Gasteiger partial charge in [-0.1, -0.05) is 25.0 Å². The number of carbonyl (C=O) groups is 2. The van der Waals surface area contributed by atoms with Gasteiger partial charge in [-0.05, 0) is 31.4 Å². The van der Waals surface area contributed by atoms with Crippen LogP contribution < -0.4 is 11.3 Å². The van der Waals surface area contributed by atoms with Gasteiger partial charge in [-0.3, -0.25) is 19.0 Å². The maximum Gasteiger partial charge on any atom is 0.261 e. The maximum atomic E-state index is 12.7. The summed E-state index contributed by atoms with van der Waals surface area (Å²) in [6, 6.07) is 5.41. The van der Waals surface area contributed by atoms with E-state index in [2.05, 4.69) is 4.98 Å². The van der Waals surface area contributed by atoms with Crippen LogP contribution in [0.25, 0.3) is 10.9 Å². The molecule has 2 N–H and O–H groups in total. The van der Waals surface area contributed by atoms with Crippen LogP contribution in [0.3, 0.4) is 0 Å². The highest BCUT2D eigenvalue weighted by Crippen LogP contribution is 2.23. The van der Waals surface area contributed by atoms with Crippen molar-refractivity contribution in [3.8, 4) is 0 Å². The summed E-state index contributed by atoms with van der Waals surface area (Å²) < 4.78 is 1.30. The van der Waals surface area contributed by atoms with Crippen molar-refractivity contribution in [2.45, 2.75) is 45.2 Å². The largest absolute Gasteiger partial charge is 0.368 e. The van der Waals surface area contributed by atoms with Gasteiger partial charge in [0.25, 0.3) is 5.56 Å². The number of primary amides is 1. The van der Waals surface area contributed by atoms with E-state index in [-0.39, 0.29) is 30.6 Å². The Labute approximate surface area is 145 Å². The lowest BCUT2D eigenvalue weighted by molar-refractivity contribution is -0.138. The number of rotatable bonds is 5. The van der Waals surface area contributed by atoms with Gasteiger partial charge in [-0.2, -0.15) is 0 Å². The van der Waals surface area contributed by atoms with E-state index in [1.54, 1.807) is 12.1 Å². The molecular weight excluding hydrogens is 320 g/mol. The van der Waals surface area contributed by atoms with Crippen molar-refractivity contribution in [1.82, 2.24) is 14.5 Å². The minimum Gasteiger partial charge on any atom is -0.368 e. The van der Waals surface area contributed by atoms with E-state index in [0.29, 0.717) is 10.9 Å². The Kier molecular flexibility index (Phi) is 4.83. The van der Waals surface area contributed by atoms with Crippen LogP contribution in [-0.2, 0) is 16.1 Å². The number of para-hydroxylation sites is 1. The molecule has 2 aromatic rings. The highest BCUT2D eigenvalue weighted by Gasteiger charge is 2.28. The van der Waals surface area contributed by atoms with Gasteiger partial charge in [0.05, 0.1) is 23.8 Å². The molecule has 1 aromatic carbocycles. The summed E-state index contributed by atoms with van der Waals surface area (Å²) in [4.78, 5) is 42.5. The maximum absolute atomic E-state index is 12.7. The summed E-state index contributed by atoms with van der Waals surface area (Å²) >= 11 is 0. The van der Waals surface area contributed by atoms with Crippen LogP contribution in [0.15, 0.2) is 29.3 Å². The summed E-state index contributed by atoms with van der Waals surface area (Å²) in [6.07, 6.45) is 5.19. The molecule has 0 unspecified atom stereocenters. The van der Waals surface area contributed by atoms with Crippen molar-refractivity contribution in [3.63, 3.8) is 0 Å². The zero-order valence-corrected chi connectivity index (χ0v) is 14.3. The number of aryl methyl sites for hydroxylation is 1. The van der Waals surface area contributed by atoms with Gasteiger partial charge in [-0.15, -0.1) is 0 Å². The van der Waals surface area contributed by atoms with Gasteiger partial charge in [0.1, 0.15) is 6.54 Å². The molecule has 25 heavy (non-hydrogen) atoms. The molecule has 0 atom stereocenters. The second kappa shape index (κ2) is 7.04. The minimum atomic E-state index is -0.542. The number of hydrogen-bond acceptors (Lipinski definition) is 4. The molecule has 132 valence electrons. The van der Waals surface area contributed by atoms with Crippen molar-refractivity contribution in [2.24, 2.45) is 5.73 Å². The van der Waals surface area contributed by atoms with Gasteiger partial charge < -0.3 is 10.6 Å². The fourth-order valence-electron chi connectivity index (χ4n) is 3.49. The first-order valence-electron chi connectivity index (χ1n) is 8.50. The molecule has 1 aliphatic carbocycles. The summed E-state index contributed by atoms with van der Waals surface area (Å²) in [6.45, 7) is 1.64. The molecule has 1 saturated carbocycles. The Hall–Kier alpha value is -2.70. The average Bonchev–Trinajstić information content (AvgIpc) is 3.10. The van der Waals surface area contributed by atoms with Crippen molar-refractivity contribution < 1.29 is 9.59 Å². The fraction of sp³-hybridized carbons (Fsp3) is 0.444. The molecule has 0 aliphatic heterocycles. The lowest BCUT2D eigenvalue weighted by Gasteiger charge is -2.28. The number of carbonyl (C=O) groups excluding carboxylic acids is 2. The highest BCUT2D eigenvalue weighted by atomic mass is 16.2. The standard InChI is InChI=1S/C18H22N4O3/c1-12-5-4-8-14-17(12)20-11-21(18(14)25)10-16(24)22(9-15(19)23)13-6-2-3-7-13/h4-5,8,11,13H,2-3,6-7,9-10H2,1H3,(H2,19,23). The minimum absolute atomic E-state index is 0.0198. The fourth-order valence-corrected chi connectivity index (χ4v) is 3.49. The van der Waals surface area contributed by atoms with Crippen LogP contribution >= 0.6 is 0 Å². The van der Waals surface area contributed by atoms with E-state index in [0.717, 1.165) is 31.2 Å². The second-order valence-electron chi connectivity index (χ2n) is 6.57. The first kappa shape index (κ1) is 17.1. The first-order chi connectivity index (χ1) is 12.0. The van der Waals surface area contributed by atoms with E-state index in [9.17, 15) is 14.4 Å². The molecule has 0 spiro atoms. The molecule has 0 bridgehead atoms. The normalized spacial score (nSPS) is 14.8. The Morgan fingerprint density at radius 2 is 2.04 bits per heavy atom. The van der Waals surface area contributed by atoms with Crippen molar-refractivity contribution in [1.29, 1.82) is 0 Å². The first-order valence-corrected chi connectivity index (χ1v) is 8.50. The quantitative estimate of drug-likeness (QED) is 0.875. The number of hydrogen-bond donors (Lipinski definition) is 1. The Morgan fingerprint density at radius 1 is 1.32 bits per heavy atom. The molecule has 3 rings (SSSR count). The summed E-state index contributed by atoms with van der Waals surface area (Å²) in [5.41, 5.74) is 6.59.